The first-order valence-corrected chi connectivity index (χ1v) is 7.06. The average Bonchev–Trinajstić information content (AvgIpc) is 2.47. The van der Waals surface area contributed by atoms with E-state index in [1.165, 1.54) is 6.07 Å². The number of pyridine rings is 1. The van der Waals surface area contributed by atoms with Crippen LogP contribution < -0.4 is 5.43 Å². The van der Waals surface area contributed by atoms with Crippen LogP contribution in [0.5, 0.6) is 5.75 Å². The van der Waals surface area contributed by atoms with Gasteiger partial charge in [-0.05, 0) is 6.92 Å². The predicted molar refractivity (Wildman–Crippen MR) is 76.1 cm³/mol. The van der Waals surface area contributed by atoms with Crippen molar-refractivity contribution < 1.29 is 20.1 Å². The third-order valence-electron chi connectivity index (χ3n) is 3.56. The number of morpholine rings is 1. The van der Waals surface area contributed by atoms with Crippen molar-refractivity contribution >= 4 is 0 Å². The largest absolute Gasteiger partial charge is 0.503 e. The summed E-state index contributed by atoms with van der Waals surface area (Å²) >= 11 is 0. The molecule has 0 bridgehead atoms. The predicted octanol–water partition coefficient (Wildman–Crippen LogP) is -0.741. The van der Waals surface area contributed by atoms with Crippen molar-refractivity contribution in [3.63, 3.8) is 0 Å². The van der Waals surface area contributed by atoms with E-state index in [2.05, 4.69) is 4.90 Å². The Morgan fingerprint density at radius 2 is 2.05 bits per heavy atom. The van der Waals surface area contributed by atoms with Crippen LogP contribution in [-0.2, 0) is 24.4 Å². The quantitative estimate of drug-likeness (QED) is 0.663. The number of aliphatic hydroxyl groups excluding tert-OH is 2. The Labute approximate surface area is 123 Å². The SMILES string of the molecule is CC(O)Cn1c(CO)cc(=O)c(O)c1CN1CCOCC1. The summed E-state index contributed by atoms with van der Waals surface area (Å²) in [5.74, 6) is -0.320. The highest BCUT2D eigenvalue weighted by molar-refractivity contribution is 5.30. The first-order valence-electron chi connectivity index (χ1n) is 7.06. The third-order valence-corrected chi connectivity index (χ3v) is 3.56. The molecule has 1 saturated heterocycles. The Morgan fingerprint density at radius 3 is 2.62 bits per heavy atom. The lowest BCUT2D eigenvalue weighted by Gasteiger charge is -2.29. The average molecular weight is 298 g/mol. The maximum Gasteiger partial charge on any atom is 0.223 e. The van der Waals surface area contributed by atoms with Gasteiger partial charge < -0.3 is 24.6 Å². The van der Waals surface area contributed by atoms with Crippen molar-refractivity contribution in [1.29, 1.82) is 0 Å². The molecule has 118 valence electrons. The molecule has 1 atom stereocenters. The van der Waals surface area contributed by atoms with Crippen LogP contribution >= 0.6 is 0 Å². The molecule has 0 aliphatic carbocycles. The van der Waals surface area contributed by atoms with E-state index in [4.69, 9.17) is 4.74 Å². The fourth-order valence-electron chi connectivity index (χ4n) is 2.49. The van der Waals surface area contributed by atoms with Crippen molar-refractivity contribution in [2.24, 2.45) is 0 Å². The van der Waals surface area contributed by atoms with Crippen molar-refractivity contribution in [3.8, 4) is 5.75 Å². The Bertz CT molecular complexity index is 535. The summed E-state index contributed by atoms with van der Waals surface area (Å²) in [6.45, 7) is 4.54. The van der Waals surface area contributed by atoms with Crippen LogP contribution in [0.15, 0.2) is 10.9 Å². The van der Waals surface area contributed by atoms with Crippen molar-refractivity contribution in [3.05, 3.63) is 27.7 Å². The molecule has 1 aromatic rings. The van der Waals surface area contributed by atoms with Crippen LogP contribution in [0.1, 0.15) is 18.3 Å². The number of nitrogens with zero attached hydrogens (tertiary/aromatic N) is 2. The molecule has 1 aliphatic heterocycles. The second-order valence-corrected chi connectivity index (χ2v) is 5.30. The van der Waals surface area contributed by atoms with Gasteiger partial charge in [-0.3, -0.25) is 9.69 Å². The lowest BCUT2D eigenvalue weighted by atomic mass is 10.2. The molecular formula is C14H22N2O5. The molecule has 1 aromatic heterocycles. The maximum atomic E-state index is 11.8. The maximum absolute atomic E-state index is 11.8. The van der Waals surface area contributed by atoms with Gasteiger partial charge in [0.2, 0.25) is 5.43 Å². The third kappa shape index (κ3) is 3.82. The molecule has 2 heterocycles. The van der Waals surface area contributed by atoms with Gasteiger partial charge in [-0.1, -0.05) is 0 Å². The smallest absolute Gasteiger partial charge is 0.223 e. The fraction of sp³-hybridized carbons (Fsp3) is 0.643. The van der Waals surface area contributed by atoms with Crippen LogP contribution in [-0.4, -0.2) is 57.2 Å². The van der Waals surface area contributed by atoms with Crippen LogP contribution in [0.3, 0.4) is 0 Å². The molecule has 0 radical (unpaired) electrons. The minimum absolute atomic E-state index is 0.212. The summed E-state index contributed by atoms with van der Waals surface area (Å²) in [7, 11) is 0. The van der Waals surface area contributed by atoms with Crippen LogP contribution in [0.25, 0.3) is 0 Å². The minimum Gasteiger partial charge on any atom is -0.503 e. The lowest BCUT2D eigenvalue weighted by Crippen LogP contribution is -2.37. The van der Waals surface area contributed by atoms with Gasteiger partial charge in [0, 0.05) is 37.9 Å². The van der Waals surface area contributed by atoms with Gasteiger partial charge in [0.05, 0.1) is 31.6 Å². The van der Waals surface area contributed by atoms with Gasteiger partial charge >= 0.3 is 0 Å². The molecule has 1 unspecified atom stereocenters. The highest BCUT2D eigenvalue weighted by Gasteiger charge is 2.20. The number of aromatic hydroxyl groups is 1. The second-order valence-electron chi connectivity index (χ2n) is 5.30. The molecule has 1 aliphatic rings. The Morgan fingerprint density at radius 1 is 1.38 bits per heavy atom. The molecule has 0 aromatic carbocycles. The van der Waals surface area contributed by atoms with E-state index in [1.807, 2.05) is 0 Å². The molecule has 7 nitrogen and oxygen atoms in total. The molecular weight excluding hydrogens is 276 g/mol. The minimum atomic E-state index is -0.652. The van der Waals surface area contributed by atoms with Crippen LogP contribution in [0.2, 0.25) is 0 Å². The van der Waals surface area contributed by atoms with Crippen molar-refractivity contribution in [2.45, 2.75) is 32.7 Å². The monoisotopic (exact) mass is 298 g/mol. The zero-order valence-electron chi connectivity index (χ0n) is 12.2. The molecule has 0 amide bonds. The van der Waals surface area contributed by atoms with Gasteiger partial charge in [-0.2, -0.15) is 0 Å². The van der Waals surface area contributed by atoms with E-state index < -0.39 is 11.5 Å². The first-order chi connectivity index (χ1) is 10.0. The molecule has 7 heteroatoms. The van der Waals surface area contributed by atoms with Gasteiger partial charge in [0.15, 0.2) is 5.75 Å². The van der Waals surface area contributed by atoms with Gasteiger partial charge in [-0.15, -0.1) is 0 Å². The van der Waals surface area contributed by atoms with Crippen molar-refractivity contribution in [2.75, 3.05) is 26.3 Å². The second kappa shape index (κ2) is 7.04. The van der Waals surface area contributed by atoms with E-state index in [1.54, 1.807) is 11.5 Å². The first kappa shape index (κ1) is 16.0. The van der Waals surface area contributed by atoms with Crippen LogP contribution in [0, 0.1) is 0 Å². The number of ether oxygens (including phenoxy) is 1. The highest BCUT2D eigenvalue weighted by Crippen LogP contribution is 2.18. The highest BCUT2D eigenvalue weighted by atomic mass is 16.5. The number of rotatable bonds is 5. The number of aromatic nitrogens is 1. The molecule has 3 N–H and O–H groups in total. The molecule has 2 rings (SSSR count). The summed E-state index contributed by atoms with van der Waals surface area (Å²) < 4.78 is 6.90. The number of aliphatic hydroxyl groups is 2. The summed E-state index contributed by atoms with van der Waals surface area (Å²) in [5.41, 5.74) is 0.306. The number of hydrogen-bond donors (Lipinski definition) is 3. The van der Waals surface area contributed by atoms with Gasteiger partial charge in [-0.25, -0.2) is 0 Å². The summed E-state index contributed by atoms with van der Waals surface area (Å²) in [4.78, 5) is 13.9. The molecule has 1 fully saturated rings. The Kier molecular flexibility index (Phi) is 5.35. The van der Waals surface area contributed by atoms with Gasteiger partial charge in [0.1, 0.15) is 0 Å². The van der Waals surface area contributed by atoms with E-state index in [-0.39, 0.29) is 18.9 Å². The van der Waals surface area contributed by atoms with Crippen LogP contribution in [0.4, 0.5) is 0 Å². The lowest BCUT2D eigenvalue weighted by molar-refractivity contribution is 0.0322. The molecule has 21 heavy (non-hydrogen) atoms. The molecule has 0 spiro atoms. The zero-order valence-corrected chi connectivity index (χ0v) is 12.2. The summed E-state index contributed by atoms with van der Waals surface area (Å²) in [6.07, 6.45) is -0.652. The van der Waals surface area contributed by atoms with E-state index >= 15 is 0 Å². The zero-order chi connectivity index (χ0) is 15.4. The Balaban J connectivity index is 2.39. The standard InChI is InChI=1S/C14H22N2O5/c1-10(18)7-16-11(9-17)6-13(19)14(20)12(16)8-15-2-4-21-5-3-15/h6,10,17-18,20H,2-5,7-9H2,1H3. The fourth-order valence-corrected chi connectivity index (χ4v) is 2.49. The van der Waals surface area contributed by atoms with E-state index in [9.17, 15) is 20.1 Å². The summed E-state index contributed by atoms with van der Waals surface area (Å²) in [6, 6.07) is 1.21. The number of hydrogen-bond acceptors (Lipinski definition) is 6. The Hall–Kier alpha value is -1.41. The summed E-state index contributed by atoms with van der Waals surface area (Å²) in [5, 5.41) is 29.1. The molecule has 0 saturated carbocycles. The van der Waals surface area contributed by atoms with E-state index in [0.717, 1.165) is 0 Å². The van der Waals surface area contributed by atoms with Crippen molar-refractivity contribution in [1.82, 2.24) is 9.47 Å². The van der Waals surface area contributed by atoms with E-state index in [0.29, 0.717) is 44.2 Å². The van der Waals surface area contributed by atoms with Gasteiger partial charge in [0.25, 0.3) is 0 Å². The normalized spacial score (nSPS) is 17.9. The topological polar surface area (TPSA) is 95.2 Å².